The molecule has 2 aromatic rings. The molecule has 1 saturated heterocycles. The third kappa shape index (κ3) is 2.96. The Labute approximate surface area is 124 Å². The number of aryl methyl sites for hydroxylation is 2. The van der Waals surface area contributed by atoms with E-state index in [-0.39, 0.29) is 0 Å². The van der Waals surface area contributed by atoms with Gasteiger partial charge in [-0.2, -0.15) is 0 Å². The Kier molecular flexibility index (Phi) is 4.53. The van der Waals surface area contributed by atoms with Gasteiger partial charge in [0.05, 0.1) is 0 Å². The highest BCUT2D eigenvalue weighted by Crippen LogP contribution is 2.16. The maximum Gasteiger partial charge on any atom is 0.159 e. The van der Waals surface area contributed by atoms with Crippen molar-refractivity contribution in [2.45, 2.75) is 32.2 Å². The Balaban J connectivity index is 1.72. The van der Waals surface area contributed by atoms with Gasteiger partial charge in [0.1, 0.15) is 11.3 Å². The molecule has 1 aliphatic rings. The zero-order valence-corrected chi connectivity index (χ0v) is 12.5. The van der Waals surface area contributed by atoms with Gasteiger partial charge in [-0.1, -0.05) is 0 Å². The summed E-state index contributed by atoms with van der Waals surface area (Å²) in [6, 6.07) is 3.96. The first-order valence-electron chi connectivity index (χ1n) is 7.47. The molecule has 0 radical (unpaired) electrons. The highest BCUT2D eigenvalue weighted by atomic mass is 35.5. The molecule has 0 bridgehead atoms. The summed E-state index contributed by atoms with van der Waals surface area (Å²) in [5.74, 6) is 1.67. The average molecular weight is 293 g/mol. The van der Waals surface area contributed by atoms with Crippen LogP contribution < -0.4 is 0 Å². The molecule has 1 aliphatic heterocycles. The summed E-state index contributed by atoms with van der Waals surface area (Å²) >= 11 is 5.89. The highest BCUT2D eigenvalue weighted by molar-refractivity contribution is 6.17. The van der Waals surface area contributed by atoms with E-state index in [1.54, 1.807) is 0 Å². The molecular formula is C15H21ClN4. The lowest BCUT2D eigenvalue weighted by atomic mass is 10.3. The van der Waals surface area contributed by atoms with E-state index in [9.17, 15) is 0 Å². The molecule has 0 atom stereocenters. The molecule has 0 amide bonds. The van der Waals surface area contributed by atoms with Crippen molar-refractivity contribution in [2.75, 3.05) is 25.5 Å². The molecule has 0 N–H and O–H groups in total. The van der Waals surface area contributed by atoms with Crippen molar-refractivity contribution in [3.63, 3.8) is 0 Å². The van der Waals surface area contributed by atoms with Crippen LogP contribution in [0.15, 0.2) is 18.3 Å². The van der Waals surface area contributed by atoms with E-state index in [0.717, 1.165) is 36.4 Å². The van der Waals surface area contributed by atoms with Gasteiger partial charge in [0, 0.05) is 25.0 Å². The number of imidazole rings is 1. The van der Waals surface area contributed by atoms with E-state index in [1.807, 2.05) is 18.3 Å². The molecule has 108 valence electrons. The van der Waals surface area contributed by atoms with Crippen molar-refractivity contribution in [3.05, 3.63) is 24.2 Å². The van der Waals surface area contributed by atoms with Crippen LogP contribution in [-0.4, -0.2) is 44.9 Å². The SMILES string of the molecule is ClCCc1nc2cccnc2n1CCCN1CCCC1. The van der Waals surface area contributed by atoms with Crippen molar-refractivity contribution >= 4 is 22.8 Å². The standard InChI is InChI=1S/C15H21ClN4/c16-7-6-14-18-13-5-3-8-17-15(13)20(14)12-4-11-19-9-1-2-10-19/h3,5,8H,1-2,4,6-7,9-12H2. The van der Waals surface area contributed by atoms with Crippen molar-refractivity contribution in [1.29, 1.82) is 0 Å². The predicted molar refractivity (Wildman–Crippen MR) is 82.2 cm³/mol. The van der Waals surface area contributed by atoms with Crippen molar-refractivity contribution in [2.24, 2.45) is 0 Å². The lowest BCUT2D eigenvalue weighted by molar-refractivity contribution is 0.325. The van der Waals surface area contributed by atoms with Crippen LogP contribution in [0.4, 0.5) is 0 Å². The van der Waals surface area contributed by atoms with Crippen LogP contribution in [0.5, 0.6) is 0 Å². The second kappa shape index (κ2) is 6.55. The van der Waals surface area contributed by atoms with E-state index >= 15 is 0 Å². The van der Waals surface area contributed by atoms with E-state index < -0.39 is 0 Å². The molecule has 0 aliphatic carbocycles. The van der Waals surface area contributed by atoms with E-state index in [4.69, 9.17) is 11.6 Å². The summed E-state index contributed by atoms with van der Waals surface area (Å²) < 4.78 is 2.24. The largest absolute Gasteiger partial charge is 0.313 e. The first-order valence-corrected chi connectivity index (χ1v) is 8.00. The summed E-state index contributed by atoms with van der Waals surface area (Å²) in [5, 5.41) is 0. The third-order valence-corrected chi connectivity index (χ3v) is 4.14. The first-order chi connectivity index (χ1) is 9.88. The van der Waals surface area contributed by atoms with Gasteiger partial charge < -0.3 is 9.47 Å². The van der Waals surface area contributed by atoms with Gasteiger partial charge in [-0.15, -0.1) is 11.6 Å². The van der Waals surface area contributed by atoms with Gasteiger partial charge in [0.2, 0.25) is 0 Å². The number of likely N-dealkylation sites (tertiary alicyclic amines) is 1. The molecular weight excluding hydrogens is 272 g/mol. The van der Waals surface area contributed by atoms with Crippen molar-refractivity contribution < 1.29 is 0 Å². The minimum atomic E-state index is 0.607. The van der Waals surface area contributed by atoms with Crippen LogP contribution in [0.1, 0.15) is 25.1 Å². The van der Waals surface area contributed by atoms with E-state index in [0.29, 0.717) is 5.88 Å². The third-order valence-electron chi connectivity index (χ3n) is 3.96. The van der Waals surface area contributed by atoms with Crippen LogP contribution in [0.3, 0.4) is 0 Å². The fourth-order valence-electron chi connectivity index (χ4n) is 2.97. The molecule has 1 fully saturated rings. The second-order valence-corrected chi connectivity index (χ2v) is 5.75. The fraction of sp³-hybridized carbons (Fsp3) is 0.600. The van der Waals surface area contributed by atoms with Gasteiger partial charge >= 0.3 is 0 Å². The van der Waals surface area contributed by atoms with Crippen LogP contribution in [0, 0.1) is 0 Å². The Morgan fingerprint density at radius 3 is 2.85 bits per heavy atom. The summed E-state index contributed by atoms with van der Waals surface area (Å²) in [4.78, 5) is 11.7. The molecule has 3 heterocycles. The van der Waals surface area contributed by atoms with Crippen LogP contribution in [-0.2, 0) is 13.0 Å². The minimum absolute atomic E-state index is 0.607. The lowest BCUT2D eigenvalue weighted by Crippen LogP contribution is -2.22. The number of halogens is 1. The Morgan fingerprint density at radius 2 is 2.05 bits per heavy atom. The molecule has 0 unspecified atom stereocenters. The van der Waals surface area contributed by atoms with Gasteiger partial charge in [0.15, 0.2) is 5.65 Å². The minimum Gasteiger partial charge on any atom is -0.313 e. The topological polar surface area (TPSA) is 34.0 Å². The van der Waals surface area contributed by atoms with Gasteiger partial charge in [-0.3, -0.25) is 0 Å². The highest BCUT2D eigenvalue weighted by Gasteiger charge is 2.13. The quantitative estimate of drug-likeness (QED) is 0.768. The number of hydrogen-bond donors (Lipinski definition) is 0. The molecule has 0 saturated carbocycles. The van der Waals surface area contributed by atoms with Crippen molar-refractivity contribution in [1.82, 2.24) is 19.4 Å². The molecule has 0 spiro atoms. The molecule has 2 aromatic heterocycles. The number of hydrogen-bond acceptors (Lipinski definition) is 3. The molecule has 20 heavy (non-hydrogen) atoms. The number of rotatable bonds is 6. The molecule has 5 heteroatoms. The monoisotopic (exact) mass is 292 g/mol. The predicted octanol–water partition coefficient (Wildman–Crippen LogP) is 2.70. The molecule has 3 rings (SSSR count). The number of aromatic nitrogens is 3. The zero-order chi connectivity index (χ0) is 13.8. The van der Waals surface area contributed by atoms with Crippen LogP contribution in [0.25, 0.3) is 11.2 Å². The summed E-state index contributed by atoms with van der Waals surface area (Å²) in [6.45, 7) is 4.68. The number of nitrogens with zero attached hydrogens (tertiary/aromatic N) is 4. The van der Waals surface area contributed by atoms with E-state index in [1.165, 1.54) is 32.5 Å². The second-order valence-electron chi connectivity index (χ2n) is 5.37. The summed E-state index contributed by atoms with van der Waals surface area (Å²) in [5.41, 5.74) is 1.97. The maximum absolute atomic E-state index is 5.89. The van der Waals surface area contributed by atoms with Crippen molar-refractivity contribution in [3.8, 4) is 0 Å². The number of pyridine rings is 1. The Morgan fingerprint density at radius 1 is 1.20 bits per heavy atom. The van der Waals surface area contributed by atoms with Crippen LogP contribution in [0.2, 0.25) is 0 Å². The molecule has 4 nitrogen and oxygen atoms in total. The summed E-state index contributed by atoms with van der Waals surface area (Å²) in [7, 11) is 0. The number of alkyl halides is 1. The first kappa shape index (κ1) is 13.8. The van der Waals surface area contributed by atoms with Crippen LogP contribution >= 0.6 is 11.6 Å². The van der Waals surface area contributed by atoms with Gasteiger partial charge in [-0.05, 0) is 51.0 Å². The van der Waals surface area contributed by atoms with E-state index in [2.05, 4.69) is 19.4 Å². The maximum atomic E-state index is 5.89. The fourth-order valence-corrected chi connectivity index (χ4v) is 3.14. The smallest absolute Gasteiger partial charge is 0.159 e. The Hall–Kier alpha value is -1.13. The van der Waals surface area contributed by atoms with Gasteiger partial charge in [0.25, 0.3) is 0 Å². The Bertz CT molecular complexity index is 560. The average Bonchev–Trinajstić information content (AvgIpc) is 3.08. The summed E-state index contributed by atoms with van der Waals surface area (Å²) in [6.07, 6.45) is 6.50. The van der Waals surface area contributed by atoms with Gasteiger partial charge in [-0.25, -0.2) is 9.97 Å². The lowest BCUT2D eigenvalue weighted by Gasteiger charge is -2.15. The zero-order valence-electron chi connectivity index (χ0n) is 11.8. The molecule has 0 aromatic carbocycles. The number of fused-ring (bicyclic) bond motifs is 1. The normalized spacial score (nSPS) is 16.2.